The van der Waals surface area contributed by atoms with E-state index in [1.807, 2.05) is 66.7 Å². The first-order valence-electron chi connectivity index (χ1n) is 9.68. The third-order valence-corrected chi connectivity index (χ3v) is 3.23. The molecule has 0 aliphatic carbocycles. The highest BCUT2D eigenvalue weighted by atomic mass is 16.6. The molecule has 0 atom stereocenters. The average Bonchev–Trinajstić information content (AvgIpc) is 2.65. The molecule has 158 valence electrons. The molecule has 0 heterocycles. The van der Waals surface area contributed by atoms with Crippen molar-refractivity contribution in [3.05, 3.63) is 73.1 Å². The first-order valence-corrected chi connectivity index (χ1v) is 9.68. The van der Waals surface area contributed by atoms with Crippen molar-refractivity contribution in [2.45, 2.75) is 54.1 Å². The van der Waals surface area contributed by atoms with Crippen molar-refractivity contribution in [3.63, 3.8) is 0 Å². The Bertz CT molecular complexity index is 589. The van der Waals surface area contributed by atoms with Crippen LogP contribution in [0.5, 0.6) is 0 Å². The summed E-state index contributed by atoms with van der Waals surface area (Å²) in [5.74, 6) is 0.733. The zero-order valence-electron chi connectivity index (χ0n) is 18.9. The van der Waals surface area contributed by atoms with Crippen LogP contribution in [-0.4, -0.2) is 36.3 Å². The molecule has 0 spiro atoms. The fourth-order valence-corrected chi connectivity index (χ4v) is 1.88. The second kappa shape index (κ2) is 15.6. The largest absolute Gasteiger partial charge is 0.492 e. The van der Waals surface area contributed by atoms with Crippen LogP contribution in [0, 0.1) is 0 Å². The maximum atomic E-state index is 12.5. The van der Waals surface area contributed by atoms with E-state index < -0.39 is 11.7 Å². The van der Waals surface area contributed by atoms with Gasteiger partial charge in [0.15, 0.2) is 0 Å². The van der Waals surface area contributed by atoms with Crippen LogP contribution in [0.2, 0.25) is 0 Å². The number of carbonyl (C=O) groups is 1. The molecule has 0 saturated carbocycles. The maximum Gasteiger partial charge on any atom is 0.410 e. The summed E-state index contributed by atoms with van der Waals surface area (Å²) in [5.41, 5.74) is 1.31. The molecular formula is C24H39NO3. The van der Waals surface area contributed by atoms with Crippen molar-refractivity contribution in [2.24, 2.45) is 0 Å². The molecule has 0 aliphatic rings. The molecule has 0 saturated heterocycles. The van der Waals surface area contributed by atoms with E-state index in [2.05, 4.69) is 19.7 Å². The fourth-order valence-electron chi connectivity index (χ4n) is 1.88. The Morgan fingerprint density at radius 1 is 1.11 bits per heavy atom. The third-order valence-electron chi connectivity index (χ3n) is 3.23. The summed E-state index contributed by atoms with van der Waals surface area (Å²) in [6.45, 7) is 25.7. The molecule has 0 N–H and O–H groups in total. The third kappa shape index (κ3) is 13.7. The molecule has 28 heavy (non-hydrogen) atoms. The second-order valence-corrected chi connectivity index (χ2v) is 6.72. The smallest absolute Gasteiger partial charge is 0.410 e. The molecule has 0 fully saturated rings. The summed E-state index contributed by atoms with van der Waals surface area (Å²) < 4.78 is 11.3. The van der Waals surface area contributed by atoms with E-state index in [-0.39, 0.29) is 0 Å². The summed E-state index contributed by atoms with van der Waals surface area (Å²) in [5, 5.41) is 0. The monoisotopic (exact) mass is 389 g/mol. The van der Waals surface area contributed by atoms with Crippen LogP contribution in [0.4, 0.5) is 4.79 Å². The molecule has 4 nitrogen and oxygen atoms in total. The molecule has 1 amide bonds. The molecular weight excluding hydrogens is 350 g/mol. The van der Waals surface area contributed by atoms with Crippen LogP contribution in [0.3, 0.4) is 0 Å². The summed E-state index contributed by atoms with van der Waals surface area (Å²) in [6, 6.07) is 0. The summed E-state index contributed by atoms with van der Waals surface area (Å²) in [4.78, 5) is 14.1. The minimum atomic E-state index is -0.565. The standard InChI is InChI=1S/C22H33NO3.C2H6/c1-9-13-19(11-3)17-23(21(24)26-22(6,7)8)14-15-25-20(12-4)16-18(5)10-2;1-2/h9-13,16H,1-3,14-15,17H2,4-8H3;1-2H3/b18-16-,19-13+,20-12+;. The number of ether oxygens (including phenoxy) is 2. The van der Waals surface area contributed by atoms with E-state index in [9.17, 15) is 4.79 Å². The molecule has 4 heteroatoms. The van der Waals surface area contributed by atoms with Crippen LogP contribution in [0.25, 0.3) is 0 Å². The van der Waals surface area contributed by atoms with Crippen LogP contribution in [0.15, 0.2) is 73.1 Å². The van der Waals surface area contributed by atoms with Crippen LogP contribution in [0.1, 0.15) is 48.5 Å². The van der Waals surface area contributed by atoms with Gasteiger partial charge in [-0.2, -0.15) is 0 Å². The van der Waals surface area contributed by atoms with Crippen LogP contribution in [-0.2, 0) is 9.47 Å². The zero-order valence-corrected chi connectivity index (χ0v) is 18.9. The number of rotatable bonds is 10. The number of hydrogen-bond donors (Lipinski definition) is 0. The average molecular weight is 390 g/mol. The normalized spacial score (nSPS) is 12.3. The van der Waals surface area contributed by atoms with Gasteiger partial charge in [0, 0.05) is 6.54 Å². The number of amides is 1. The quantitative estimate of drug-likeness (QED) is 0.312. The Labute approximate surface area is 172 Å². The van der Waals surface area contributed by atoms with E-state index in [0.717, 1.165) is 16.9 Å². The lowest BCUT2D eigenvalue weighted by Gasteiger charge is -2.27. The maximum absolute atomic E-state index is 12.5. The second-order valence-electron chi connectivity index (χ2n) is 6.72. The van der Waals surface area contributed by atoms with Gasteiger partial charge in [-0.15, -0.1) is 0 Å². The number of allylic oxidation sites excluding steroid dienone is 6. The summed E-state index contributed by atoms with van der Waals surface area (Å²) in [7, 11) is 0. The van der Waals surface area contributed by atoms with E-state index in [1.54, 1.807) is 23.1 Å². The van der Waals surface area contributed by atoms with Gasteiger partial charge in [-0.3, -0.25) is 0 Å². The summed E-state index contributed by atoms with van der Waals surface area (Å²) in [6.07, 6.45) is 10.3. The molecule has 0 aromatic rings. The van der Waals surface area contributed by atoms with Crippen molar-refractivity contribution in [1.29, 1.82) is 0 Å². The van der Waals surface area contributed by atoms with Gasteiger partial charge in [-0.1, -0.05) is 57.9 Å². The predicted molar refractivity (Wildman–Crippen MR) is 121 cm³/mol. The number of carbonyl (C=O) groups excluding carboxylic acids is 1. The van der Waals surface area contributed by atoms with E-state index in [0.29, 0.717) is 19.7 Å². The van der Waals surface area contributed by atoms with Gasteiger partial charge in [0.25, 0.3) is 0 Å². The Morgan fingerprint density at radius 2 is 1.71 bits per heavy atom. The van der Waals surface area contributed by atoms with E-state index in [4.69, 9.17) is 9.47 Å². The van der Waals surface area contributed by atoms with Gasteiger partial charge in [-0.05, 0) is 57.9 Å². The van der Waals surface area contributed by atoms with Crippen molar-refractivity contribution < 1.29 is 14.3 Å². The van der Waals surface area contributed by atoms with Gasteiger partial charge >= 0.3 is 6.09 Å². The SMILES string of the molecule is C=C/C=C(\C=C)CN(CCOC(/C=C(/C)C=C)=C/C)C(=O)OC(C)(C)C.CC. The lowest BCUT2D eigenvalue weighted by Crippen LogP contribution is -2.39. The Hall–Kier alpha value is -2.49. The van der Waals surface area contributed by atoms with Crippen LogP contribution >= 0.6 is 0 Å². The molecule has 0 aliphatic heterocycles. The minimum absolute atomic E-state index is 0.346. The number of hydrogen-bond acceptors (Lipinski definition) is 3. The fraction of sp³-hybridized carbons (Fsp3) is 0.458. The van der Waals surface area contributed by atoms with Gasteiger partial charge in [-0.25, -0.2) is 4.79 Å². The van der Waals surface area contributed by atoms with Crippen molar-refractivity contribution in [1.82, 2.24) is 4.90 Å². The molecule has 0 aromatic heterocycles. The Morgan fingerprint density at radius 3 is 2.14 bits per heavy atom. The van der Waals surface area contributed by atoms with E-state index >= 15 is 0 Å². The van der Waals surface area contributed by atoms with Crippen LogP contribution < -0.4 is 0 Å². The lowest BCUT2D eigenvalue weighted by molar-refractivity contribution is 0.0229. The Kier molecular flexibility index (Phi) is 15.4. The highest BCUT2D eigenvalue weighted by Crippen LogP contribution is 2.12. The molecule has 0 radical (unpaired) electrons. The first kappa shape index (κ1) is 27.7. The highest BCUT2D eigenvalue weighted by Gasteiger charge is 2.22. The minimum Gasteiger partial charge on any atom is -0.492 e. The zero-order chi connectivity index (χ0) is 22.2. The molecule has 0 unspecified atom stereocenters. The molecule has 0 rings (SSSR count). The molecule has 0 bridgehead atoms. The van der Waals surface area contributed by atoms with Gasteiger partial charge in [0.05, 0.1) is 6.54 Å². The predicted octanol–water partition coefficient (Wildman–Crippen LogP) is 6.60. The first-order chi connectivity index (χ1) is 13.2. The van der Waals surface area contributed by atoms with Gasteiger partial charge in [0.1, 0.15) is 18.0 Å². The van der Waals surface area contributed by atoms with Crippen molar-refractivity contribution in [2.75, 3.05) is 19.7 Å². The lowest BCUT2D eigenvalue weighted by atomic mass is 10.2. The van der Waals surface area contributed by atoms with Gasteiger partial charge < -0.3 is 14.4 Å². The molecule has 0 aromatic carbocycles. The number of nitrogens with zero attached hydrogens (tertiary/aromatic N) is 1. The summed E-state index contributed by atoms with van der Waals surface area (Å²) >= 11 is 0. The topological polar surface area (TPSA) is 38.8 Å². The Balaban J connectivity index is 0. The van der Waals surface area contributed by atoms with Crippen molar-refractivity contribution >= 4 is 6.09 Å². The van der Waals surface area contributed by atoms with E-state index in [1.165, 1.54) is 0 Å². The highest BCUT2D eigenvalue weighted by molar-refractivity contribution is 5.68. The van der Waals surface area contributed by atoms with Crippen molar-refractivity contribution in [3.8, 4) is 0 Å². The van der Waals surface area contributed by atoms with Gasteiger partial charge in [0.2, 0.25) is 0 Å².